The Balaban J connectivity index is 2.14. The van der Waals surface area contributed by atoms with E-state index in [4.69, 9.17) is 21.6 Å². The SMILES string of the molecule is N#CC=Cc1ccccc1OCc1ccccc1Cl. The van der Waals surface area contributed by atoms with E-state index in [9.17, 15) is 0 Å². The molecule has 2 nitrogen and oxygen atoms in total. The van der Waals surface area contributed by atoms with Gasteiger partial charge in [-0.2, -0.15) is 5.26 Å². The van der Waals surface area contributed by atoms with Gasteiger partial charge in [-0.05, 0) is 18.2 Å². The van der Waals surface area contributed by atoms with E-state index < -0.39 is 0 Å². The van der Waals surface area contributed by atoms with Gasteiger partial charge in [0.25, 0.3) is 0 Å². The third-order valence-corrected chi connectivity index (χ3v) is 2.97. The molecule has 0 spiro atoms. The molecule has 94 valence electrons. The summed E-state index contributed by atoms with van der Waals surface area (Å²) in [5.74, 6) is 0.730. The highest BCUT2D eigenvalue weighted by atomic mass is 35.5. The molecule has 2 aromatic rings. The van der Waals surface area contributed by atoms with Crippen LogP contribution < -0.4 is 4.74 Å². The van der Waals surface area contributed by atoms with Crippen molar-refractivity contribution < 1.29 is 4.74 Å². The molecule has 0 aliphatic heterocycles. The van der Waals surface area contributed by atoms with Crippen molar-refractivity contribution in [2.45, 2.75) is 6.61 Å². The first-order valence-corrected chi connectivity index (χ1v) is 6.20. The van der Waals surface area contributed by atoms with Crippen molar-refractivity contribution in [2.24, 2.45) is 0 Å². The molecule has 0 radical (unpaired) electrons. The molecule has 0 bridgehead atoms. The van der Waals surface area contributed by atoms with Crippen LogP contribution in [-0.4, -0.2) is 0 Å². The fourth-order valence-electron chi connectivity index (χ4n) is 1.65. The summed E-state index contributed by atoms with van der Waals surface area (Å²) in [6.45, 7) is 0.400. The van der Waals surface area contributed by atoms with E-state index in [0.29, 0.717) is 11.6 Å². The van der Waals surface area contributed by atoms with Gasteiger partial charge < -0.3 is 4.74 Å². The maximum absolute atomic E-state index is 8.57. The zero-order valence-electron chi connectivity index (χ0n) is 10.2. The first-order chi connectivity index (χ1) is 9.31. The van der Waals surface area contributed by atoms with Crippen molar-refractivity contribution in [2.75, 3.05) is 0 Å². The second kappa shape index (κ2) is 6.63. The lowest BCUT2D eigenvalue weighted by molar-refractivity contribution is 0.305. The van der Waals surface area contributed by atoms with E-state index in [1.54, 1.807) is 6.08 Å². The Kier molecular flexibility index (Phi) is 4.60. The maximum atomic E-state index is 8.57. The van der Waals surface area contributed by atoms with Crippen LogP contribution in [0.25, 0.3) is 6.08 Å². The molecule has 0 atom stereocenters. The largest absolute Gasteiger partial charge is 0.488 e. The average molecular weight is 270 g/mol. The summed E-state index contributed by atoms with van der Waals surface area (Å²) >= 11 is 6.08. The number of hydrogen-bond donors (Lipinski definition) is 0. The molecular weight excluding hydrogens is 258 g/mol. The Morgan fingerprint density at radius 3 is 2.63 bits per heavy atom. The standard InChI is InChI=1S/C16H12ClNO/c17-15-9-3-1-7-14(15)12-19-16-10-4-2-6-13(16)8-5-11-18/h1-10H,12H2. The highest BCUT2D eigenvalue weighted by Gasteiger charge is 2.03. The number of para-hydroxylation sites is 1. The van der Waals surface area contributed by atoms with Gasteiger partial charge in [0.05, 0.1) is 6.07 Å². The summed E-state index contributed by atoms with van der Waals surface area (Å²) in [7, 11) is 0. The van der Waals surface area contributed by atoms with Gasteiger partial charge >= 0.3 is 0 Å². The van der Waals surface area contributed by atoms with Crippen LogP contribution in [-0.2, 0) is 6.61 Å². The van der Waals surface area contributed by atoms with Gasteiger partial charge in [-0.3, -0.25) is 0 Å². The van der Waals surface area contributed by atoms with Gasteiger partial charge in [-0.15, -0.1) is 0 Å². The molecule has 0 unspecified atom stereocenters. The second-order valence-corrected chi connectivity index (χ2v) is 4.29. The number of benzene rings is 2. The summed E-state index contributed by atoms with van der Waals surface area (Å²) in [4.78, 5) is 0. The molecule has 3 heteroatoms. The molecule has 0 fully saturated rings. The average Bonchev–Trinajstić information content (AvgIpc) is 2.45. The predicted octanol–water partition coefficient (Wildman–Crippen LogP) is 4.46. The molecule has 0 saturated heterocycles. The predicted molar refractivity (Wildman–Crippen MR) is 76.9 cm³/mol. The van der Waals surface area contributed by atoms with Crippen LogP contribution in [0.15, 0.2) is 54.6 Å². The number of allylic oxidation sites excluding steroid dienone is 1. The zero-order valence-corrected chi connectivity index (χ0v) is 11.0. The molecule has 2 aromatic carbocycles. The minimum absolute atomic E-state index is 0.400. The molecule has 0 amide bonds. The van der Waals surface area contributed by atoms with Gasteiger partial charge in [0.2, 0.25) is 0 Å². The monoisotopic (exact) mass is 269 g/mol. The number of nitriles is 1. The van der Waals surface area contributed by atoms with E-state index in [1.807, 2.05) is 54.6 Å². The summed E-state index contributed by atoms with van der Waals surface area (Å²) in [5, 5.41) is 9.26. The van der Waals surface area contributed by atoms with Gasteiger partial charge in [-0.25, -0.2) is 0 Å². The molecule has 19 heavy (non-hydrogen) atoms. The highest BCUT2D eigenvalue weighted by molar-refractivity contribution is 6.31. The second-order valence-electron chi connectivity index (χ2n) is 3.88. The molecule has 0 aliphatic rings. The van der Waals surface area contributed by atoms with Gasteiger partial charge in [0, 0.05) is 22.2 Å². The van der Waals surface area contributed by atoms with E-state index in [-0.39, 0.29) is 0 Å². The van der Waals surface area contributed by atoms with Crippen LogP contribution in [0.1, 0.15) is 11.1 Å². The summed E-state index contributed by atoms with van der Waals surface area (Å²) in [5.41, 5.74) is 1.80. The highest BCUT2D eigenvalue weighted by Crippen LogP contribution is 2.22. The number of ether oxygens (including phenoxy) is 1. The van der Waals surface area contributed by atoms with Crippen molar-refractivity contribution in [1.82, 2.24) is 0 Å². The molecular formula is C16H12ClNO. The Morgan fingerprint density at radius 2 is 1.84 bits per heavy atom. The van der Waals surface area contributed by atoms with Crippen LogP contribution in [0.5, 0.6) is 5.75 Å². The van der Waals surface area contributed by atoms with Gasteiger partial charge in [-0.1, -0.05) is 48.0 Å². The third-order valence-electron chi connectivity index (χ3n) is 2.60. The smallest absolute Gasteiger partial charge is 0.127 e. The van der Waals surface area contributed by atoms with Crippen molar-refractivity contribution in [3.8, 4) is 11.8 Å². The minimum Gasteiger partial charge on any atom is -0.488 e. The van der Waals surface area contributed by atoms with Crippen LogP contribution in [0.4, 0.5) is 0 Å². The van der Waals surface area contributed by atoms with Crippen LogP contribution in [0.3, 0.4) is 0 Å². The fraction of sp³-hybridized carbons (Fsp3) is 0.0625. The molecule has 0 aliphatic carbocycles. The molecule has 0 aromatic heterocycles. The van der Waals surface area contributed by atoms with E-state index in [2.05, 4.69) is 0 Å². The molecule has 0 heterocycles. The first kappa shape index (κ1) is 13.2. The van der Waals surface area contributed by atoms with Crippen molar-refractivity contribution >= 4 is 17.7 Å². The van der Waals surface area contributed by atoms with Crippen molar-refractivity contribution in [3.05, 3.63) is 70.8 Å². The van der Waals surface area contributed by atoms with Gasteiger partial charge in [0.15, 0.2) is 0 Å². The summed E-state index contributed by atoms with van der Waals surface area (Å²) in [6, 6.07) is 17.1. The van der Waals surface area contributed by atoms with Crippen LogP contribution in [0, 0.1) is 11.3 Å². The normalized spacial score (nSPS) is 10.3. The zero-order chi connectivity index (χ0) is 13.5. The Hall–Kier alpha value is -2.24. The minimum atomic E-state index is 0.400. The molecule has 2 rings (SSSR count). The number of hydrogen-bond acceptors (Lipinski definition) is 2. The van der Waals surface area contributed by atoms with Gasteiger partial charge in [0.1, 0.15) is 12.4 Å². The van der Waals surface area contributed by atoms with Crippen molar-refractivity contribution in [1.29, 1.82) is 5.26 Å². The Bertz CT molecular complexity index is 629. The summed E-state index contributed by atoms with van der Waals surface area (Å²) in [6.07, 6.45) is 3.15. The van der Waals surface area contributed by atoms with E-state index in [0.717, 1.165) is 16.9 Å². The number of halogens is 1. The lowest BCUT2D eigenvalue weighted by Gasteiger charge is -2.10. The lowest BCUT2D eigenvalue weighted by Crippen LogP contribution is -1.97. The fourth-order valence-corrected chi connectivity index (χ4v) is 1.84. The van der Waals surface area contributed by atoms with Crippen LogP contribution >= 0.6 is 11.6 Å². The Morgan fingerprint density at radius 1 is 1.11 bits per heavy atom. The number of nitrogens with zero attached hydrogens (tertiary/aromatic N) is 1. The maximum Gasteiger partial charge on any atom is 0.127 e. The van der Waals surface area contributed by atoms with E-state index >= 15 is 0 Å². The molecule has 0 saturated carbocycles. The van der Waals surface area contributed by atoms with Crippen molar-refractivity contribution in [3.63, 3.8) is 0 Å². The lowest BCUT2D eigenvalue weighted by atomic mass is 10.2. The topological polar surface area (TPSA) is 33.0 Å². The quantitative estimate of drug-likeness (QED) is 0.768. The van der Waals surface area contributed by atoms with Crippen LogP contribution in [0.2, 0.25) is 5.02 Å². The Labute approximate surface area is 117 Å². The third kappa shape index (κ3) is 3.61. The number of rotatable bonds is 4. The van der Waals surface area contributed by atoms with E-state index in [1.165, 1.54) is 6.08 Å². The molecule has 0 N–H and O–H groups in total. The first-order valence-electron chi connectivity index (χ1n) is 5.82. The summed E-state index contributed by atoms with van der Waals surface area (Å²) < 4.78 is 5.76.